The van der Waals surface area contributed by atoms with Gasteiger partial charge in [-0.05, 0) is 55.7 Å². The minimum absolute atomic E-state index is 0.0375. The molecule has 7 nitrogen and oxygen atoms in total. The van der Waals surface area contributed by atoms with Crippen LogP contribution in [0.4, 0.5) is 10.3 Å². The first-order valence-electron chi connectivity index (χ1n) is 9.65. The Hall–Kier alpha value is -3.55. The smallest absolute Gasteiger partial charge is 0.242 e. The van der Waals surface area contributed by atoms with Gasteiger partial charge < -0.3 is 10.6 Å². The molecule has 0 spiro atoms. The monoisotopic (exact) mass is 390 g/mol. The molecule has 1 amide bonds. The zero-order valence-corrected chi connectivity index (χ0v) is 15.6. The number of carbonyl (C=O) groups excluding carboxylic acids is 1. The number of hydrogen-bond donors (Lipinski definition) is 2. The van der Waals surface area contributed by atoms with E-state index >= 15 is 0 Å². The lowest BCUT2D eigenvalue weighted by Gasteiger charge is -2.16. The van der Waals surface area contributed by atoms with Crippen LogP contribution in [0.3, 0.4) is 0 Å². The molecule has 146 valence electrons. The van der Waals surface area contributed by atoms with Gasteiger partial charge in [0.2, 0.25) is 11.9 Å². The Morgan fingerprint density at radius 3 is 2.76 bits per heavy atom. The van der Waals surface area contributed by atoms with Crippen LogP contribution in [0.2, 0.25) is 0 Å². The van der Waals surface area contributed by atoms with E-state index in [1.165, 1.54) is 12.1 Å². The van der Waals surface area contributed by atoms with E-state index in [1.54, 1.807) is 16.6 Å². The van der Waals surface area contributed by atoms with E-state index in [0.717, 1.165) is 30.2 Å². The van der Waals surface area contributed by atoms with E-state index < -0.39 is 0 Å². The van der Waals surface area contributed by atoms with Gasteiger partial charge in [-0.15, -0.1) is 5.10 Å². The van der Waals surface area contributed by atoms with Gasteiger partial charge in [-0.1, -0.05) is 12.1 Å². The summed E-state index contributed by atoms with van der Waals surface area (Å²) in [5.41, 5.74) is 2.10. The molecule has 0 radical (unpaired) electrons. The number of anilines is 1. The van der Waals surface area contributed by atoms with Gasteiger partial charge >= 0.3 is 0 Å². The molecule has 1 aliphatic heterocycles. The molecule has 0 bridgehead atoms. The van der Waals surface area contributed by atoms with Crippen molar-refractivity contribution in [3.05, 3.63) is 54.3 Å². The van der Waals surface area contributed by atoms with Crippen LogP contribution in [-0.2, 0) is 4.79 Å². The molecule has 2 N–H and O–H groups in total. The van der Waals surface area contributed by atoms with E-state index in [2.05, 4.69) is 20.7 Å². The Balaban J connectivity index is 1.65. The number of carbonyl (C=O) groups is 1. The normalized spacial score (nSPS) is 17.3. The van der Waals surface area contributed by atoms with Crippen molar-refractivity contribution >= 4 is 28.4 Å². The molecular weight excluding hydrogens is 371 g/mol. The van der Waals surface area contributed by atoms with Crippen LogP contribution in [0.25, 0.3) is 27.9 Å². The molecule has 0 unspecified atom stereocenters. The molecule has 0 aliphatic carbocycles. The molecule has 29 heavy (non-hydrogen) atoms. The third kappa shape index (κ3) is 3.26. The van der Waals surface area contributed by atoms with Gasteiger partial charge in [-0.2, -0.15) is 4.52 Å². The summed E-state index contributed by atoms with van der Waals surface area (Å²) in [7, 11) is 0. The maximum Gasteiger partial charge on any atom is 0.242 e. The summed E-state index contributed by atoms with van der Waals surface area (Å²) in [6.45, 7) is 0.690. The van der Waals surface area contributed by atoms with Crippen LogP contribution in [0.1, 0.15) is 19.3 Å². The van der Waals surface area contributed by atoms with Gasteiger partial charge in [0.15, 0.2) is 11.5 Å². The van der Waals surface area contributed by atoms with Gasteiger partial charge in [0.25, 0.3) is 0 Å². The van der Waals surface area contributed by atoms with Crippen molar-refractivity contribution in [2.45, 2.75) is 25.3 Å². The van der Waals surface area contributed by atoms with E-state index in [9.17, 15) is 9.18 Å². The lowest BCUT2D eigenvalue weighted by atomic mass is 10.1. The Morgan fingerprint density at radius 1 is 1.07 bits per heavy atom. The first-order valence-corrected chi connectivity index (χ1v) is 9.65. The summed E-state index contributed by atoms with van der Waals surface area (Å²) in [5.74, 6) is 0.578. The van der Waals surface area contributed by atoms with Gasteiger partial charge in [-0.25, -0.2) is 14.4 Å². The number of benzene rings is 2. The fourth-order valence-electron chi connectivity index (χ4n) is 3.60. The summed E-state index contributed by atoms with van der Waals surface area (Å²) in [6, 6.07) is 13.3. The average molecular weight is 390 g/mol. The van der Waals surface area contributed by atoms with Gasteiger partial charge in [0, 0.05) is 17.5 Å². The molecule has 8 heteroatoms. The third-order valence-corrected chi connectivity index (χ3v) is 5.12. The van der Waals surface area contributed by atoms with E-state index in [0.29, 0.717) is 29.5 Å². The maximum absolute atomic E-state index is 13.3. The van der Waals surface area contributed by atoms with Crippen molar-refractivity contribution in [1.82, 2.24) is 24.9 Å². The number of fused-ring (bicyclic) bond motifs is 3. The number of para-hydroxylation sites is 1. The molecule has 1 atom stereocenters. The molecule has 1 fully saturated rings. The SMILES string of the molecule is O=C1NCCCC[C@@H]1Nc1nc2ccccc2c2nc(-c3ccc(F)cc3)nn12. The molecule has 2 aromatic carbocycles. The summed E-state index contributed by atoms with van der Waals surface area (Å²) in [5, 5.41) is 11.6. The van der Waals surface area contributed by atoms with Crippen molar-refractivity contribution in [2.75, 3.05) is 11.9 Å². The van der Waals surface area contributed by atoms with Crippen LogP contribution in [-0.4, -0.2) is 38.1 Å². The molecule has 1 saturated heterocycles. The van der Waals surface area contributed by atoms with E-state index in [1.807, 2.05) is 24.3 Å². The first-order chi connectivity index (χ1) is 14.2. The number of halogens is 1. The molecule has 4 aromatic rings. The lowest BCUT2D eigenvalue weighted by molar-refractivity contribution is -0.121. The number of nitrogens with one attached hydrogen (secondary N) is 2. The minimum Gasteiger partial charge on any atom is -0.354 e. The average Bonchev–Trinajstić information content (AvgIpc) is 3.09. The molecule has 5 rings (SSSR count). The highest BCUT2D eigenvalue weighted by Crippen LogP contribution is 2.25. The topological polar surface area (TPSA) is 84.2 Å². The van der Waals surface area contributed by atoms with Crippen molar-refractivity contribution in [3.63, 3.8) is 0 Å². The summed E-state index contributed by atoms with van der Waals surface area (Å²) in [4.78, 5) is 21.8. The number of aromatic nitrogens is 4. The van der Waals surface area contributed by atoms with Gasteiger partial charge in [0.05, 0.1) is 5.52 Å². The standard InChI is InChI=1S/C21H19FN6O/c22-14-10-8-13(9-11-14)18-26-19-15-5-1-2-6-16(15)24-21(28(19)27-18)25-17-7-3-4-12-23-20(17)29/h1-2,5-6,8-11,17H,3-4,7,12H2,(H,23,29)(H,24,25)/t17-/m0/s1. The predicted molar refractivity (Wildman–Crippen MR) is 108 cm³/mol. The predicted octanol–water partition coefficient (Wildman–Crippen LogP) is 3.16. The minimum atomic E-state index is -0.382. The van der Waals surface area contributed by atoms with E-state index in [4.69, 9.17) is 4.98 Å². The van der Waals surface area contributed by atoms with Crippen molar-refractivity contribution in [3.8, 4) is 11.4 Å². The second-order valence-corrected chi connectivity index (χ2v) is 7.11. The Morgan fingerprint density at radius 2 is 1.90 bits per heavy atom. The molecule has 3 heterocycles. The van der Waals surface area contributed by atoms with Gasteiger partial charge in [0.1, 0.15) is 11.9 Å². The van der Waals surface area contributed by atoms with Crippen LogP contribution in [0.5, 0.6) is 0 Å². The summed E-state index contributed by atoms with van der Waals surface area (Å²) < 4.78 is 14.9. The molecule has 2 aromatic heterocycles. The zero-order valence-electron chi connectivity index (χ0n) is 15.6. The van der Waals surface area contributed by atoms with Gasteiger partial charge in [-0.3, -0.25) is 4.79 Å². The van der Waals surface area contributed by atoms with Crippen molar-refractivity contribution in [2.24, 2.45) is 0 Å². The van der Waals surface area contributed by atoms with Crippen LogP contribution >= 0.6 is 0 Å². The van der Waals surface area contributed by atoms with Crippen LogP contribution < -0.4 is 10.6 Å². The first kappa shape index (κ1) is 17.5. The number of rotatable bonds is 3. The Bertz CT molecular complexity index is 1200. The quantitative estimate of drug-likeness (QED) is 0.561. The number of hydrogen-bond acceptors (Lipinski definition) is 5. The zero-order chi connectivity index (χ0) is 19.8. The fourth-order valence-corrected chi connectivity index (χ4v) is 3.60. The second kappa shape index (κ2) is 7.12. The van der Waals surface area contributed by atoms with Crippen molar-refractivity contribution in [1.29, 1.82) is 0 Å². The number of amides is 1. The molecule has 0 saturated carbocycles. The second-order valence-electron chi connectivity index (χ2n) is 7.11. The molecule has 1 aliphatic rings. The highest BCUT2D eigenvalue weighted by atomic mass is 19.1. The van der Waals surface area contributed by atoms with Crippen molar-refractivity contribution < 1.29 is 9.18 Å². The maximum atomic E-state index is 13.3. The van der Waals surface area contributed by atoms with E-state index in [-0.39, 0.29) is 17.8 Å². The summed E-state index contributed by atoms with van der Waals surface area (Å²) >= 11 is 0. The van der Waals surface area contributed by atoms with Crippen LogP contribution in [0.15, 0.2) is 48.5 Å². The highest BCUT2D eigenvalue weighted by Gasteiger charge is 2.23. The highest BCUT2D eigenvalue weighted by molar-refractivity contribution is 5.93. The van der Waals surface area contributed by atoms with Crippen LogP contribution in [0, 0.1) is 5.82 Å². The third-order valence-electron chi connectivity index (χ3n) is 5.12. The molecular formula is C21H19FN6O. The fraction of sp³-hybridized carbons (Fsp3) is 0.238. The lowest BCUT2D eigenvalue weighted by Crippen LogP contribution is -2.38. The Kier molecular flexibility index (Phi) is 4.31. The largest absolute Gasteiger partial charge is 0.354 e. The summed E-state index contributed by atoms with van der Waals surface area (Å²) in [6.07, 6.45) is 2.63. The Labute approximate surface area is 166 Å². The number of nitrogens with zero attached hydrogens (tertiary/aromatic N) is 4.